The molecule has 1 heterocycles. The van der Waals surface area contributed by atoms with Crippen molar-refractivity contribution in [2.45, 2.75) is 50.0 Å². The van der Waals surface area contributed by atoms with Crippen LogP contribution in [0.2, 0.25) is 0 Å². The van der Waals surface area contributed by atoms with Gasteiger partial charge in [-0.3, -0.25) is 0 Å². The molecule has 1 aromatic rings. The fraction of sp³-hybridized carbons (Fsp3) is 0.600. The van der Waals surface area contributed by atoms with Gasteiger partial charge in [-0.25, -0.2) is 0 Å². The number of rotatable bonds is 6. The summed E-state index contributed by atoms with van der Waals surface area (Å²) in [5.74, 6) is 1.96. The van der Waals surface area contributed by atoms with E-state index in [1.165, 1.54) is 29.9 Å². The molecule has 0 aliphatic carbocycles. The predicted octanol–water partition coefficient (Wildman–Crippen LogP) is 4.04. The highest BCUT2D eigenvalue weighted by molar-refractivity contribution is 7.99. The topological polar surface area (TPSA) is 12.0 Å². The molecule has 0 aromatic heterocycles. The molecule has 0 spiro atoms. The standard InChI is InChI=1S/C15H23NS/c1-3-7-13(4-2)16-10-12-11-17-15-9-6-5-8-14(12)15/h5-6,8-9,12-13,16H,3-4,7,10-11H2,1-2H3. The summed E-state index contributed by atoms with van der Waals surface area (Å²) < 4.78 is 0. The summed E-state index contributed by atoms with van der Waals surface area (Å²) >= 11 is 2.01. The van der Waals surface area contributed by atoms with Gasteiger partial charge in [-0.05, 0) is 24.5 Å². The van der Waals surface area contributed by atoms with E-state index in [2.05, 4.69) is 43.4 Å². The third-order valence-corrected chi connectivity index (χ3v) is 4.83. The van der Waals surface area contributed by atoms with E-state index in [-0.39, 0.29) is 0 Å². The van der Waals surface area contributed by atoms with Crippen LogP contribution in [0.1, 0.15) is 44.6 Å². The Hall–Kier alpha value is -0.470. The van der Waals surface area contributed by atoms with Crippen LogP contribution < -0.4 is 5.32 Å². The molecule has 2 atom stereocenters. The van der Waals surface area contributed by atoms with E-state index < -0.39 is 0 Å². The second kappa shape index (κ2) is 6.46. The number of thioether (sulfide) groups is 1. The average Bonchev–Trinajstić information content (AvgIpc) is 2.78. The first kappa shape index (κ1) is 13.0. The van der Waals surface area contributed by atoms with E-state index >= 15 is 0 Å². The molecule has 0 saturated heterocycles. The van der Waals surface area contributed by atoms with Gasteiger partial charge in [0, 0.05) is 29.2 Å². The lowest BCUT2D eigenvalue weighted by atomic mass is 10.0. The van der Waals surface area contributed by atoms with Crippen molar-refractivity contribution in [1.29, 1.82) is 0 Å². The third kappa shape index (κ3) is 3.26. The Morgan fingerprint density at radius 3 is 2.94 bits per heavy atom. The molecular weight excluding hydrogens is 226 g/mol. The van der Waals surface area contributed by atoms with Gasteiger partial charge in [0.25, 0.3) is 0 Å². The van der Waals surface area contributed by atoms with Crippen molar-refractivity contribution in [2.24, 2.45) is 0 Å². The van der Waals surface area contributed by atoms with E-state index in [1.807, 2.05) is 11.8 Å². The molecule has 0 saturated carbocycles. The number of benzene rings is 1. The zero-order valence-electron chi connectivity index (χ0n) is 10.9. The Labute approximate surface area is 109 Å². The predicted molar refractivity (Wildman–Crippen MR) is 76.9 cm³/mol. The zero-order chi connectivity index (χ0) is 12.1. The van der Waals surface area contributed by atoms with E-state index in [1.54, 1.807) is 5.56 Å². The summed E-state index contributed by atoms with van der Waals surface area (Å²) in [6.45, 7) is 5.69. The lowest BCUT2D eigenvalue weighted by Crippen LogP contribution is -2.32. The molecule has 1 aliphatic heterocycles. The Balaban J connectivity index is 1.89. The van der Waals surface area contributed by atoms with Crippen molar-refractivity contribution in [3.8, 4) is 0 Å². The normalized spacial score (nSPS) is 20.2. The Morgan fingerprint density at radius 1 is 1.35 bits per heavy atom. The van der Waals surface area contributed by atoms with Crippen LogP contribution in [0.15, 0.2) is 29.2 Å². The van der Waals surface area contributed by atoms with Crippen molar-refractivity contribution in [3.05, 3.63) is 29.8 Å². The SMILES string of the molecule is CCCC(CC)NCC1CSc2ccccc21. The fourth-order valence-electron chi connectivity index (χ4n) is 2.51. The molecule has 94 valence electrons. The number of hydrogen-bond donors (Lipinski definition) is 1. The maximum absolute atomic E-state index is 3.74. The van der Waals surface area contributed by atoms with Crippen molar-refractivity contribution in [3.63, 3.8) is 0 Å². The molecule has 0 bridgehead atoms. The van der Waals surface area contributed by atoms with Crippen LogP contribution in [0.25, 0.3) is 0 Å². The molecular formula is C15H23NS. The smallest absolute Gasteiger partial charge is 0.0108 e. The van der Waals surface area contributed by atoms with E-state index in [9.17, 15) is 0 Å². The van der Waals surface area contributed by atoms with Crippen LogP contribution in [0.3, 0.4) is 0 Å². The fourth-order valence-corrected chi connectivity index (χ4v) is 3.76. The second-order valence-corrected chi connectivity index (χ2v) is 5.91. The highest BCUT2D eigenvalue weighted by Crippen LogP contribution is 2.38. The van der Waals surface area contributed by atoms with Crippen LogP contribution in [0.5, 0.6) is 0 Å². The molecule has 2 heteroatoms. The van der Waals surface area contributed by atoms with Gasteiger partial charge < -0.3 is 5.32 Å². The molecule has 2 unspecified atom stereocenters. The summed E-state index contributed by atoms with van der Waals surface area (Å²) in [5.41, 5.74) is 1.55. The van der Waals surface area contributed by atoms with Crippen molar-refractivity contribution in [1.82, 2.24) is 5.32 Å². The molecule has 1 aromatic carbocycles. The lowest BCUT2D eigenvalue weighted by Gasteiger charge is -2.19. The minimum atomic E-state index is 0.706. The Kier molecular flexibility index (Phi) is 4.93. The van der Waals surface area contributed by atoms with E-state index in [4.69, 9.17) is 0 Å². The van der Waals surface area contributed by atoms with Gasteiger partial charge in [0.2, 0.25) is 0 Å². The van der Waals surface area contributed by atoms with Crippen LogP contribution in [0.4, 0.5) is 0 Å². The van der Waals surface area contributed by atoms with Crippen LogP contribution in [-0.2, 0) is 0 Å². The summed E-state index contributed by atoms with van der Waals surface area (Å²) in [5, 5.41) is 3.74. The van der Waals surface area contributed by atoms with E-state index in [0.717, 1.165) is 6.54 Å². The third-order valence-electron chi connectivity index (χ3n) is 3.58. The second-order valence-electron chi connectivity index (χ2n) is 4.85. The largest absolute Gasteiger partial charge is 0.313 e. The molecule has 1 nitrogen and oxygen atoms in total. The molecule has 1 aliphatic rings. The molecule has 0 fully saturated rings. The van der Waals surface area contributed by atoms with Gasteiger partial charge in [-0.15, -0.1) is 11.8 Å². The van der Waals surface area contributed by atoms with Gasteiger partial charge in [-0.2, -0.15) is 0 Å². The van der Waals surface area contributed by atoms with Gasteiger partial charge in [-0.1, -0.05) is 38.5 Å². The summed E-state index contributed by atoms with van der Waals surface area (Å²) in [6, 6.07) is 9.57. The van der Waals surface area contributed by atoms with Gasteiger partial charge in [0.05, 0.1) is 0 Å². The van der Waals surface area contributed by atoms with Crippen molar-refractivity contribution < 1.29 is 0 Å². The van der Waals surface area contributed by atoms with Crippen LogP contribution in [0, 0.1) is 0 Å². The number of fused-ring (bicyclic) bond motifs is 1. The maximum Gasteiger partial charge on any atom is 0.0108 e. The van der Waals surface area contributed by atoms with Gasteiger partial charge in [0.15, 0.2) is 0 Å². The van der Waals surface area contributed by atoms with Gasteiger partial charge in [0.1, 0.15) is 0 Å². The minimum absolute atomic E-state index is 0.706. The van der Waals surface area contributed by atoms with Crippen molar-refractivity contribution >= 4 is 11.8 Å². The molecule has 0 radical (unpaired) electrons. The molecule has 1 N–H and O–H groups in total. The number of nitrogens with one attached hydrogen (secondary N) is 1. The lowest BCUT2D eigenvalue weighted by molar-refractivity contribution is 0.450. The first-order chi connectivity index (χ1) is 8.35. The van der Waals surface area contributed by atoms with Crippen LogP contribution >= 0.6 is 11.8 Å². The average molecular weight is 249 g/mol. The molecule has 17 heavy (non-hydrogen) atoms. The quantitative estimate of drug-likeness (QED) is 0.816. The minimum Gasteiger partial charge on any atom is -0.313 e. The number of hydrogen-bond acceptors (Lipinski definition) is 2. The highest BCUT2D eigenvalue weighted by atomic mass is 32.2. The summed E-state index contributed by atoms with van der Waals surface area (Å²) in [6.07, 6.45) is 3.83. The highest BCUT2D eigenvalue weighted by Gasteiger charge is 2.22. The first-order valence-electron chi connectivity index (χ1n) is 6.80. The Bertz CT molecular complexity index is 351. The summed E-state index contributed by atoms with van der Waals surface area (Å²) in [7, 11) is 0. The van der Waals surface area contributed by atoms with E-state index in [0.29, 0.717) is 12.0 Å². The zero-order valence-corrected chi connectivity index (χ0v) is 11.7. The summed E-state index contributed by atoms with van der Waals surface area (Å²) in [4.78, 5) is 1.49. The van der Waals surface area contributed by atoms with Crippen LogP contribution in [-0.4, -0.2) is 18.3 Å². The van der Waals surface area contributed by atoms with Gasteiger partial charge >= 0.3 is 0 Å². The van der Waals surface area contributed by atoms with Crippen molar-refractivity contribution in [2.75, 3.05) is 12.3 Å². The molecule has 2 rings (SSSR count). The Morgan fingerprint density at radius 2 is 2.18 bits per heavy atom. The maximum atomic E-state index is 3.74. The molecule has 0 amide bonds. The first-order valence-corrected chi connectivity index (χ1v) is 7.78. The monoisotopic (exact) mass is 249 g/mol.